The van der Waals surface area contributed by atoms with E-state index in [9.17, 15) is 9.18 Å². The highest BCUT2D eigenvalue weighted by molar-refractivity contribution is 8.00. The van der Waals surface area contributed by atoms with Crippen LogP contribution in [0.15, 0.2) is 65.8 Å². The van der Waals surface area contributed by atoms with Crippen LogP contribution in [0.3, 0.4) is 0 Å². The second-order valence-corrected chi connectivity index (χ2v) is 7.43. The van der Waals surface area contributed by atoms with Crippen molar-refractivity contribution in [2.24, 2.45) is 0 Å². The summed E-state index contributed by atoms with van der Waals surface area (Å²) in [6.45, 7) is 2.88. The molecular formula is C21H20FN3OS. The van der Waals surface area contributed by atoms with Crippen LogP contribution in [0.25, 0.3) is 10.8 Å². The molecule has 6 heteroatoms. The SMILES string of the molecule is O=C(CSc1nccc2ccccc12)N1CCN(c2ccc(F)cc2)CC1. The fraction of sp³-hybridized carbons (Fsp3) is 0.238. The Bertz CT molecular complexity index is 934. The summed E-state index contributed by atoms with van der Waals surface area (Å²) in [5.74, 6) is 0.289. The number of benzene rings is 2. The Kier molecular flexibility index (Phi) is 5.25. The van der Waals surface area contributed by atoms with Crippen LogP contribution in [-0.4, -0.2) is 47.7 Å². The first-order chi connectivity index (χ1) is 13.2. The van der Waals surface area contributed by atoms with Gasteiger partial charge in [-0.05, 0) is 35.7 Å². The fourth-order valence-electron chi connectivity index (χ4n) is 3.29. The Balaban J connectivity index is 1.34. The van der Waals surface area contributed by atoms with E-state index in [0.717, 1.165) is 34.6 Å². The van der Waals surface area contributed by atoms with Gasteiger partial charge in [0.1, 0.15) is 10.8 Å². The Morgan fingerprint density at radius 2 is 1.74 bits per heavy atom. The van der Waals surface area contributed by atoms with Gasteiger partial charge in [-0.3, -0.25) is 4.79 Å². The number of fused-ring (bicyclic) bond motifs is 1. The predicted octanol–water partition coefficient (Wildman–Crippen LogP) is 3.81. The molecule has 27 heavy (non-hydrogen) atoms. The Morgan fingerprint density at radius 1 is 1.00 bits per heavy atom. The Labute approximate surface area is 162 Å². The lowest BCUT2D eigenvalue weighted by Gasteiger charge is -2.36. The number of halogens is 1. The highest BCUT2D eigenvalue weighted by Gasteiger charge is 2.21. The third-order valence-corrected chi connectivity index (χ3v) is 5.78. The van der Waals surface area contributed by atoms with Crippen LogP contribution in [0.4, 0.5) is 10.1 Å². The van der Waals surface area contributed by atoms with E-state index in [1.54, 1.807) is 18.3 Å². The van der Waals surface area contributed by atoms with Gasteiger partial charge in [0.05, 0.1) is 5.75 Å². The van der Waals surface area contributed by atoms with E-state index >= 15 is 0 Å². The molecule has 1 aromatic heterocycles. The van der Waals surface area contributed by atoms with E-state index in [2.05, 4.69) is 16.0 Å². The zero-order chi connectivity index (χ0) is 18.6. The number of hydrogen-bond acceptors (Lipinski definition) is 4. The van der Waals surface area contributed by atoms with E-state index < -0.39 is 0 Å². The molecule has 0 aliphatic carbocycles. The van der Waals surface area contributed by atoms with Gasteiger partial charge >= 0.3 is 0 Å². The topological polar surface area (TPSA) is 36.4 Å². The molecule has 4 rings (SSSR count). The smallest absolute Gasteiger partial charge is 0.233 e. The molecule has 1 aliphatic heterocycles. The molecule has 0 N–H and O–H groups in total. The maximum Gasteiger partial charge on any atom is 0.233 e. The van der Waals surface area contributed by atoms with Crippen LogP contribution >= 0.6 is 11.8 Å². The van der Waals surface area contributed by atoms with Gasteiger partial charge in [-0.2, -0.15) is 0 Å². The van der Waals surface area contributed by atoms with Gasteiger partial charge in [0.15, 0.2) is 0 Å². The van der Waals surface area contributed by atoms with Crippen LogP contribution < -0.4 is 4.90 Å². The van der Waals surface area contributed by atoms with Crippen molar-refractivity contribution in [1.29, 1.82) is 0 Å². The van der Waals surface area contributed by atoms with Gasteiger partial charge in [0, 0.05) is 43.4 Å². The Morgan fingerprint density at radius 3 is 2.52 bits per heavy atom. The second kappa shape index (κ2) is 7.96. The summed E-state index contributed by atoms with van der Waals surface area (Å²) in [6.07, 6.45) is 1.79. The fourth-order valence-corrected chi connectivity index (χ4v) is 4.21. The Hall–Kier alpha value is -2.60. The molecule has 1 aliphatic rings. The van der Waals surface area contributed by atoms with E-state index in [0.29, 0.717) is 18.8 Å². The molecule has 2 heterocycles. The lowest BCUT2D eigenvalue weighted by Crippen LogP contribution is -2.49. The average molecular weight is 381 g/mol. The standard InChI is InChI=1S/C21H20FN3OS/c22-17-5-7-18(8-6-17)24-11-13-25(14-12-24)20(26)15-27-21-19-4-2-1-3-16(19)9-10-23-21/h1-10H,11-15H2. The van der Waals surface area contributed by atoms with E-state index in [1.807, 2.05) is 29.2 Å². The van der Waals surface area contributed by atoms with Crippen LogP contribution in [0.1, 0.15) is 0 Å². The number of piperazine rings is 1. The van der Waals surface area contributed by atoms with Gasteiger partial charge in [-0.1, -0.05) is 36.0 Å². The summed E-state index contributed by atoms with van der Waals surface area (Å²) in [4.78, 5) is 21.1. The molecule has 0 unspecified atom stereocenters. The zero-order valence-corrected chi connectivity index (χ0v) is 15.7. The van der Waals surface area contributed by atoms with Crippen LogP contribution in [0.2, 0.25) is 0 Å². The molecule has 4 nitrogen and oxygen atoms in total. The van der Waals surface area contributed by atoms with E-state index in [-0.39, 0.29) is 11.7 Å². The van der Waals surface area contributed by atoms with Crippen LogP contribution in [0, 0.1) is 5.82 Å². The molecule has 3 aromatic rings. The first-order valence-electron chi connectivity index (χ1n) is 8.95. The minimum atomic E-state index is -0.230. The number of rotatable bonds is 4. The third kappa shape index (κ3) is 4.06. The number of aromatic nitrogens is 1. The van der Waals surface area contributed by atoms with Crippen molar-refractivity contribution in [1.82, 2.24) is 9.88 Å². The number of nitrogens with zero attached hydrogens (tertiary/aromatic N) is 3. The summed E-state index contributed by atoms with van der Waals surface area (Å²) < 4.78 is 13.1. The van der Waals surface area contributed by atoms with Crippen LogP contribution in [-0.2, 0) is 4.79 Å². The maximum atomic E-state index is 13.1. The normalized spacial score (nSPS) is 14.6. The monoisotopic (exact) mass is 381 g/mol. The maximum absolute atomic E-state index is 13.1. The first-order valence-corrected chi connectivity index (χ1v) is 9.94. The van der Waals surface area contributed by atoms with Gasteiger partial charge in [0.2, 0.25) is 5.91 Å². The predicted molar refractivity (Wildman–Crippen MR) is 108 cm³/mol. The van der Waals surface area contributed by atoms with E-state index in [4.69, 9.17) is 0 Å². The molecule has 138 valence electrons. The van der Waals surface area contributed by atoms with Crippen molar-refractivity contribution >= 4 is 34.1 Å². The largest absolute Gasteiger partial charge is 0.368 e. The molecule has 1 fully saturated rings. The van der Waals surface area contributed by atoms with Gasteiger partial charge < -0.3 is 9.80 Å². The molecule has 0 atom stereocenters. The van der Waals surface area contributed by atoms with Crippen molar-refractivity contribution in [3.63, 3.8) is 0 Å². The molecular weight excluding hydrogens is 361 g/mol. The number of amides is 1. The number of pyridine rings is 1. The lowest BCUT2D eigenvalue weighted by molar-refractivity contribution is -0.128. The van der Waals surface area contributed by atoms with Gasteiger partial charge in [-0.25, -0.2) is 9.37 Å². The molecule has 0 radical (unpaired) electrons. The molecule has 0 spiro atoms. The summed E-state index contributed by atoms with van der Waals surface area (Å²) >= 11 is 1.49. The molecule has 0 bridgehead atoms. The number of hydrogen-bond donors (Lipinski definition) is 0. The highest BCUT2D eigenvalue weighted by atomic mass is 32.2. The number of anilines is 1. The van der Waals surface area contributed by atoms with Crippen molar-refractivity contribution in [2.45, 2.75) is 5.03 Å². The number of thioether (sulfide) groups is 1. The summed E-state index contributed by atoms with van der Waals surface area (Å²) in [6, 6.07) is 16.6. The first kappa shape index (κ1) is 17.8. The van der Waals surface area contributed by atoms with Gasteiger partial charge in [0.25, 0.3) is 0 Å². The number of carbonyl (C=O) groups excluding carboxylic acids is 1. The van der Waals surface area contributed by atoms with Crippen molar-refractivity contribution in [3.8, 4) is 0 Å². The highest BCUT2D eigenvalue weighted by Crippen LogP contribution is 2.26. The zero-order valence-electron chi connectivity index (χ0n) is 14.8. The quantitative estimate of drug-likeness (QED) is 0.644. The molecule has 1 saturated heterocycles. The van der Waals surface area contributed by atoms with Gasteiger partial charge in [-0.15, -0.1) is 0 Å². The summed E-state index contributed by atoms with van der Waals surface area (Å²) in [5.41, 5.74) is 0.998. The minimum absolute atomic E-state index is 0.133. The van der Waals surface area contributed by atoms with Crippen molar-refractivity contribution < 1.29 is 9.18 Å². The molecule has 1 amide bonds. The second-order valence-electron chi connectivity index (χ2n) is 6.47. The number of carbonyl (C=O) groups is 1. The average Bonchev–Trinajstić information content (AvgIpc) is 2.72. The molecule has 0 saturated carbocycles. The van der Waals surface area contributed by atoms with E-state index in [1.165, 1.54) is 23.9 Å². The van der Waals surface area contributed by atoms with Crippen molar-refractivity contribution in [3.05, 3.63) is 66.6 Å². The summed E-state index contributed by atoms with van der Waals surface area (Å²) in [7, 11) is 0. The van der Waals surface area contributed by atoms with Crippen molar-refractivity contribution in [2.75, 3.05) is 36.8 Å². The van der Waals surface area contributed by atoms with Crippen LogP contribution in [0.5, 0.6) is 0 Å². The third-order valence-electron chi connectivity index (χ3n) is 4.79. The molecule has 2 aromatic carbocycles. The minimum Gasteiger partial charge on any atom is -0.368 e. The summed E-state index contributed by atoms with van der Waals surface area (Å²) in [5, 5.41) is 3.11. The lowest BCUT2D eigenvalue weighted by atomic mass is 10.2.